The molecule has 0 aliphatic heterocycles. The summed E-state index contributed by atoms with van der Waals surface area (Å²) in [5, 5.41) is 9.47. The van der Waals surface area contributed by atoms with Gasteiger partial charge in [-0.2, -0.15) is 0 Å². The van der Waals surface area contributed by atoms with Crippen molar-refractivity contribution >= 4 is 28.3 Å². The topological polar surface area (TPSA) is 72.3 Å². The number of hydrogen-bond donors (Lipinski definition) is 3. The minimum atomic E-state index is -0.549. The van der Waals surface area contributed by atoms with E-state index in [2.05, 4.69) is 15.9 Å². The van der Waals surface area contributed by atoms with Crippen molar-refractivity contribution in [2.45, 2.75) is 6.04 Å². The summed E-state index contributed by atoms with van der Waals surface area (Å²) < 4.78 is 13.2. The summed E-state index contributed by atoms with van der Waals surface area (Å²) in [5.41, 5.74) is 11.2. The Morgan fingerprint density at radius 2 is 2.07 bits per heavy atom. The highest BCUT2D eigenvalue weighted by Gasteiger charge is 2.13. The molecule has 80 valence electrons. The lowest BCUT2D eigenvalue weighted by atomic mass is 10.1. The summed E-state index contributed by atoms with van der Waals surface area (Å²) in [6.45, 7) is 0.156. The first kappa shape index (κ1) is 13.6. The molecule has 0 spiro atoms. The van der Waals surface area contributed by atoms with E-state index in [0.717, 1.165) is 0 Å². The number of phenolic OH excluding ortho intramolecular Hbond substituents is 1. The smallest absolute Gasteiger partial charge is 0.134 e. The van der Waals surface area contributed by atoms with Crippen molar-refractivity contribution in [1.29, 1.82) is 0 Å². The molecule has 1 rings (SSSR count). The van der Waals surface area contributed by atoms with Gasteiger partial charge < -0.3 is 16.6 Å². The van der Waals surface area contributed by atoms with Gasteiger partial charge >= 0.3 is 0 Å². The lowest BCUT2D eigenvalue weighted by Crippen LogP contribution is -2.21. The lowest BCUT2D eigenvalue weighted by Gasteiger charge is -2.12. The van der Waals surface area contributed by atoms with Crippen LogP contribution in [-0.2, 0) is 0 Å². The van der Waals surface area contributed by atoms with Crippen LogP contribution in [0.3, 0.4) is 0 Å². The van der Waals surface area contributed by atoms with Gasteiger partial charge in [0.2, 0.25) is 0 Å². The van der Waals surface area contributed by atoms with Crippen LogP contribution in [-0.4, -0.2) is 11.7 Å². The third-order valence-electron chi connectivity index (χ3n) is 1.71. The van der Waals surface area contributed by atoms with Crippen LogP contribution in [0.5, 0.6) is 5.75 Å². The third-order valence-corrected chi connectivity index (χ3v) is 2.32. The van der Waals surface area contributed by atoms with Gasteiger partial charge in [-0.3, -0.25) is 0 Å². The summed E-state index contributed by atoms with van der Waals surface area (Å²) >= 11 is 3.01. The highest BCUT2D eigenvalue weighted by atomic mass is 79.9. The Kier molecular flexibility index (Phi) is 5.36. The molecule has 0 aromatic heterocycles. The van der Waals surface area contributed by atoms with Crippen molar-refractivity contribution in [3.05, 3.63) is 28.0 Å². The standard InChI is InChI=1S/C8H10BrFN2O.ClH/c9-6-2-4(10)1-5(8(6)13)7(12)3-11;/h1-2,7,13H,3,11-12H2;1H/t7-;/m1./s1. The molecule has 0 amide bonds. The predicted octanol–water partition coefficient (Wildman–Crippen LogP) is 1.67. The van der Waals surface area contributed by atoms with Crippen molar-refractivity contribution in [2.75, 3.05) is 6.54 Å². The van der Waals surface area contributed by atoms with E-state index in [1.54, 1.807) is 0 Å². The van der Waals surface area contributed by atoms with Crippen molar-refractivity contribution < 1.29 is 9.50 Å². The van der Waals surface area contributed by atoms with Crippen LogP contribution >= 0.6 is 28.3 Å². The first-order chi connectivity index (χ1) is 6.06. The molecule has 0 radical (unpaired) electrons. The minimum Gasteiger partial charge on any atom is -0.506 e. The van der Waals surface area contributed by atoms with Gasteiger partial charge in [-0.1, -0.05) is 0 Å². The van der Waals surface area contributed by atoms with E-state index < -0.39 is 11.9 Å². The van der Waals surface area contributed by atoms with Gasteiger partial charge in [0.15, 0.2) is 0 Å². The number of nitrogens with two attached hydrogens (primary N) is 2. The van der Waals surface area contributed by atoms with E-state index in [9.17, 15) is 9.50 Å². The van der Waals surface area contributed by atoms with Crippen LogP contribution in [0.1, 0.15) is 11.6 Å². The van der Waals surface area contributed by atoms with Gasteiger partial charge in [-0.25, -0.2) is 4.39 Å². The molecule has 0 aliphatic carbocycles. The average molecular weight is 286 g/mol. The Labute approximate surface area is 95.8 Å². The predicted molar refractivity (Wildman–Crippen MR) is 59.0 cm³/mol. The van der Waals surface area contributed by atoms with Gasteiger partial charge in [0.05, 0.1) is 4.47 Å². The molecule has 0 saturated heterocycles. The molecule has 0 unspecified atom stereocenters. The molecule has 0 bridgehead atoms. The number of phenols is 1. The van der Waals surface area contributed by atoms with Gasteiger partial charge in [0.1, 0.15) is 11.6 Å². The second-order valence-corrected chi connectivity index (χ2v) is 3.52. The Morgan fingerprint density at radius 3 is 2.57 bits per heavy atom. The number of aromatic hydroxyl groups is 1. The Bertz CT molecular complexity index is 324. The monoisotopic (exact) mass is 284 g/mol. The fourth-order valence-electron chi connectivity index (χ4n) is 0.996. The molecule has 0 saturated carbocycles. The molecule has 1 atom stereocenters. The molecule has 1 aromatic rings. The van der Waals surface area contributed by atoms with Crippen LogP contribution in [0, 0.1) is 5.82 Å². The number of rotatable bonds is 2. The van der Waals surface area contributed by atoms with E-state index in [1.807, 2.05) is 0 Å². The molecule has 0 heterocycles. The first-order valence-electron chi connectivity index (χ1n) is 3.69. The van der Waals surface area contributed by atoms with Crippen molar-refractivity contribution in [3.8, 4) is 5.75 Å². The number of hydrogen-bond acceptors (Lipinski definition) is 3. The maximum Gasteiger partial charge on any atom is 0.134 e. The van der Waals surface area contributed by atoms with E-state index >= 15 is 0 Å². The van der Waals surface area contributed by atoms with Crippen LogP contribution in [0.25, 0.3) is 0 Å². The fourth-order valence-corrected chi connectivity index (χ4v) is 1.44. The van der Waals surface area contributed by atoms with Crippen LogP contribution in [0.2, 0.25) is 0 Å². The van der Waals surface area contributed by atoms with E-state index in [4.69, 9.17) is 11.5 Å². The van der Waals surface area contributed by atoms with E-state index in [1.165, 1.54) is 12.1 Å². The summed E-state index contributed by atoms with van der Waals surface area (Å²) in [7, 11) is 0. The molecule has 6 heteroatoms. The molecule has 3 nitrogen and oxygen atoms in total. The highest BCUT2D eigenvalue weighted by molar-refractivity contribution is 9.10. The maximum absolute atomic E-state index is 12.9. The number of halogens is 3. The van der Waals surface area contributed by atoms with E-state index in [-0.39, 0.29) is 29.2 Å². The summed E-state index contributed by atoms with van der Waals surface area (Å²) in [6, 6.07) is 1.80. The number of benzene rings is 1. The van der Waals surface area contributed by atoms with E-state index in [0.29, 0.717) is 5.56 Å². The fraction of sp³-hybridized carbons (Fsp3) is 0.250. The van der Waals surface area contributed by atoms with Crippen molar-refractivity contribution in [2.24, 2.45) is 11.5 Å². The van der Waals surface area contributed by atoms with Crippen molar-refractivity contribution in [3.63, 3.8) is 0 Å². The molecule has 5 N–H and O–H groups in total. The molecule has 1 aromatic carbocycles. The summed E-state index contributed by atoms with van der Waals surface area (Å²) in [6.07, 6.45) is 0. The maximum atomic E-state index is 12.9. The van der Waals surface area contributed by atoms with Crippen LogP contribution in [0.15, 0.2) is 16.6 Å². The quantitative estimate of drug-likeness (QED) is 0.774. The Morgan fingerprint density at radius 1 is 1.50 bits per heavy atom. The third kappa shape index (κ3) is 2.81. The molecular formula is C8H11BrClFN2O. The van der Waals surface area contributed by atoms with Crippen molar-refractivity contribution in [1.82, 2.24) is 0 Å². The lowest BCUT2D eigenvalue weighted by molar-refractivity contribution is 0.455. The second-order valence-electron chi connectivity index (χ2n) is 2.67. The van der Waals surface area contributed by atoms with Gasteiger partial charge in [0.25, 0.3) is 0 Å². The second kappa shape index (κ2) is 5.50. The Hall–Kier alpha value is -0.360. The first-order valence-corrected chi connectivity index (χ1v) is 4.49. The highest BCUT2D eigenvalue weighted by Crippen LogP contribution is 2.31. The molecule has 0 aliphatic rings. The van der Waals surface area contributed by atoms with Gasteiger partial charge in [-0.05, 0) is 28.1 Å². The molecular weight excluding hydrogens is 274 g/mol. The normalized spacial score (nSPS) is 12.0. The summed E-state index contributed by atoms with van der Waals surface area (Å²) in [5.74, 6) is -0.511. The van der Waals surface area contributed by atoms with Gasteiger partial charge in [0, 0.05) is 18.2 Å². The SMILES string of the molecule is Cl.NC[C@@H](N)c1cc(F)cc(Br)c1O. The van der Waals surface area contributed by atoms with Crippen LogP contribution in [0.4, 0.5) is 4.39 Å². The average Bonchev–Trinajstić information content (AvgIpc) is 2.10. The Balaban J connectivity index is 0.00000169. The molecule has 0 fully saturated rings. The zero-order valence-electron chi connectivity index (χ0n) is 7.21. The summed E-state index contributed by atoms with van der Waals surface area (Å²) in [4.78, 5) is 0. The van der Waals surface area contributed by atoms with Crippen LogP contribution < -0.4 is 11.5 Å². The molecule has 14 heavy (non-hydrogen) atoms. The van der Waals surface area contributed by atoms with Gasteiger partial charge in [-0.15, -0.1) is 12.4 Å². The zero-order valence-corrected chi connectivity index (χ0v) is 9.61. The zero-order chi connectivity index (χ0) is 10.0. The largest absolute Gasteiger partial charge is 0.506 e. The minimum absolute atomic E-state index is 0.